The first-order valence-corrected chi connectivity index (χ1v) is 10.9. The fraction of sp³-hybridized carbons (Fsp3) is 0.458. The van der Waals surface area contributed by atoms with E-state index in [9.17, 15) is 14.9 Å². The number of nitro groups is 1. The summed E-state index contributed by atoms with van der Waals surface area (Å²) in [5.41, 5.74) is 1.44. The average molecular weight is 405 g/mol. The van der Waals surface area contributed by atoms with Gasteiger partial charge < -0.3 is 4.90 Å². The van der Waals surface area contributed by atoms with E-state index < -0.39 is 17.5 Å². The number of rotatable bonds is 3. The molecular formula is C24H27N3O3. The summed E-state index contributed by atoms with van der Waals surface area (Å²) in [6.45, 7) is 0. The number of hydrogen-bond donors (Lipinski definition) is 1. The first kappa shape index (κ1) is 19.2. The quantitative estimate of drug-likeness (QED) is 0.622. The van der Waals surface area contributed by atoms with Gasteiger partial charge >= 0.3 is 0 Å². The standard InChI is InChI=1S/C24H27N3O3/c1-26-19-15-9-8-14-18(19)24(23(26)28)20(16-10-4-2-5-11-16)22(27(29)30)21(25-24)17-12-6-3-7-13-17/h2,4-5,8-11,14-15,17,20-22,25H,3,6-7,12-13H2,1H3/t20-,21+,22+,24?/m1/s1. The Bertz CT molecular complexity index is 973. The van der Waals surface area contributed by atoms with Gasteiger partial charge in [0.05, 0.1) is 12.0 Å². The molecule has 1 spiro atoms. The summed E-state index contributed by atoms with van der Waals surface area (Å²) in [5, 5.41) is 16.1. The largest absolute Gasteiger partial charge is 0.313 e. The van der Waals surface area contributed by atoms with Crippen molar-refractivity contribution >= 4 is 11.6 Å². The molecule has 0 bridgehead atoms. The van der Waals surface area contributed by atoms with Crippen LogP contribution in [0.15, 0.2) is 54.6 Å². The number of anilines is 1. The summed E-state index contributed by atoms with van der Waals surface area (Å²) in [6.07, 6.45) is 5.34. The number of para-hydroxylation sites is 1. The molecule has 6 nitrogen and oxygen atoms in total. The van der Waals surface area contributed by atoms with Crippen molar-refractivity contribution < 1.29 is 9.72 Å². The average Bonchev–Trinajstić information content (AvgIpc) is 3.25. The minimum absolute atomic E-state index is 0.0947. The van der Waals surface area contributed by atoms with Crippen LogP contribution < -0.4 is 10.2 Å². The van der Waals surface area contributed by atoms with Crippen LogP contribution in [0.25, 0.3) is 0 Å². The predicted molar refractivity (Wildman–Crippen MR) is 115 cm³/mol. The first-order valence-electron chi connectivity index (χ1n) is 10.9. The van der Waals surface area contributed by atoms with E-state index in [0.29, 0.717) is 0 Å². The molecule has 3 aliphatic rings. The Morgan fingerprint density at radius 2 is 1.70 bits per heavy atom. The van der Waals surface area contributed by atoms with Gasteiger partial charge in [0.1, 0.15) is 5.54 Å². The highest BCUT2D eigenvalue weighted by Gasteiger charge is 2.68. The van der Waals surface area contributed by atoms with Crippen LogP contribution in [0.5, 0.6) is 0 Å². The summed E-state index contributed by atoms with van der Waals surface area (Å²) >= 11 is 0. The molecule has 2 heterocycles. The molecule has 30 heavy (non-hydrogen) atoms. The van der Waals surface area contributed by atoms with Gasteiger partial charge in [0, 0.05) is 23.2 Å². The fourth-order valence-electron chi connectivity index (χ4n) is 6.18. The molecule has 1 unspecified atom stereocenters. The molecule has 0 radical (unpaired) electrons. The maximum atomic E-state index is 13.8. The number of nitrogens with zero attached hydrogens (tertiary/aromatic N) is 2. The molecule has 1 aliphatic carbocycles. The molecule has 2 aromatic rings. The number of benzene rings is 2. The molecule has 1 amide bonds. The molecular weight excluding hydrogens is 378 g/mol. The zero-order valence-corrected chi connectivity index (χ0v) is 17.2. The number of amides is 1. The second-order valence-corrected chi connectivity index (χ2v) is 8.92. The van der Waals surface area contributed by atoms with Gasteiger partial charge in [-0.15, -0.1) is 0 Å². The smallest absolute Gasteiger partial charge is 0.252 e. The zero-order chi connectivity index (χ0) is 20.9. The lowest BCUT2D eigenvalue weighted by molar-refractivity contribution is -0.528. The van der Waals surface area contributed by atoms with Crippen LogP contribution in [0, 0.1) is 16.0 Å². The van der Waals surface area contributed by atoms with E-state index in [1.54, 1.807) is 11.9 Å². The number of fused-ring (bicyclic) bond motifs is 2. The highest BCUT2D eigenvalue weighted by atomic mass is 16.6. The second-order valence-electron chi connectivity index (χ2n) is 8.92. The van der Waals surface area contributed by atoms with E-state index in [2.05, 4.69) is 5.32 Å². The van der Waals surface area contributed by atoms with Crippen molar-refractivity contribution in [3.8, 4) is 0 Å². The molecule has 4 atom stereocenters. The van der Waals surface area contributed by atoms with Gasteiger partial charge in [-0.3, -0.25) is 20.2 Å². The van der Waals surface area contributed by atoms with Crippen LogP contribution in [0.1, 0.15) is 49.1 Å². The van der Waals surface area contributed by atoms with Crippen LogP contribution in [0.2, 0.25) is 0 Å². The molecule has 1 saturated heterocycles. The van der Waals surface area contributed by atoms with Gasteiger partial charge in [-0.05, 0) is 30.4 Å². The zero-order valence-electron chi connectivity index (χ0n) is 17.2. The highest BCUT2D eigenvalue weighted by molar-refractivity contribution is 6.08. The second kappa shape index (κ2) is 7.20. The molecule has 0 aromatic heterocycles. The number of carbonyl (C=O) groups excluding carboxylic acids is 1. The van der Waals surface area contributed by atoms with Crippen molar-refractivity contribution in [1.29, 1.82) is 0 Å². The molecule has 6 heteroatoms. The van der Waals surface area contributed by atoms with Crippen LogP contribution >= 0.6 is 0 Å². The van der Waals surface area contributed by atoms with E-state index in [1.807, 2.05) is 54.6 Å². The van der Waals surface area contributed by atoms with Gasteiger partial charge in [0.15, 0.2) is 0 Å². The summed E-state index contributed by atoms with van der Waals surface area (Å²) < 4.78 is 0. The third-order valence-corrected chi connectivity index (χ3v) is 7.46. The van der Waals surface area contributed by atoms with Gasteiger partial charge in [-0.25, -0.2) is 0 Å². The van der Waals surface area contributed by atoms with Crippen LogP contribution in [0.3, 0.4) is 0 Å². The van der Waals surface area contributed by atoms with E-state index in [-0.39, 0.29) is 22.8 Å². The molecule has 1 saturated carbocycles. The van der Waals surface area contributed by atoms with Crippen molar-refractivity contribution in [2.75, 3.05) is 11.9 Å². The van der Waals surface area contributed by atoms with Crippen LogP contribution in [-0.2, 0) is 10.3 Å². The SMILES string of the molecule is CN1C(=O)C2(N[C@@H](C3CCCCC3)[C@@H]([N+](=O)[O-])[C@H]2c2ccccc2)c2ccccc21. The third kappa shape index (κ3) is 2.63. The maximum absolute atomic E-state index is 13.8. The van der Waals surface area contributed by atoms with Gasteiger partial charge in [0.2, 0.25) is 6.04 Å². The number of likely N-dealkylation sites (N-methyl/N-ethyl adjacent to an activating group) is 1. The summed E-state index contributed by atoms with van der Waals surface area (Å²) in [4.78, 5) is 27.9. The maximum Gasteiger partial charge on any atom is 0.252 e. The Balaban J connectivity index is 1.73. The van der Waals surface area contributed by atoms with Crippen molar-refractivity contribution in [2.24, 2.45) is 5.92 Å². The number of carbonyl (C=O) groups is 1. The Hall–Kier alpha value is -2.73. The molecule has 2 aliphatic heterocycles. The predicted octanol–water partition coefficient (Wildman–Crippen LogP) is 3.84. The molecule has 1 N–H and O–H groups in total. The fourth-order valence-corrected chi connectivity index (χ4v) is 6.18. The van der Waals surface area contributed by atoms with Crippen LogP contribution in [0.4, 0.5) is 5.69 Å². The van der Waals surface area contributed by atoms with Gasteiger partial charge in [-0.2, -0.15) is 0 Å². The lowest BCUT2D eigenvalue weighted by Gasteiger charge is -2.31. The Morgan fingerprint density at radius 3 is 2.40 bits per heavy atom. The van der Waals surface area contributed by atoms with Crippen molar-refractivity contribution in [3.05, 3.63) is 75.8 Å². The van der Waals surface area contributed by atoms with E-state index in [1.165, 1.54) is 6.42 Å². The Morgan fingerprint density at radius 1 is 1.03 bits per heavy atom. The minimum atomic E-state index is -1.10. The van der Waals surface area contributed by atoms with E-state index in [4.69, 9.17) is 0 Å². The first-order chi connectivity index (χ1) is 14.6. The van der Waals surface area contributed by atoms with Crippen molar-refractivity contribution in [2.45, 2.75) is 55.6 Å². The number of hydrogen-bond acceptors (Lipinski definition) is 4. The molecule has 2 aromatic carbocycles. The Kier molecular flexibility index (Phi) is 4.62. The van der Waals surface area contributed by atoms with Gasteiger partial charge in [0.25, 0.3) is 5.91 Å². The summed E-state index contributed by atoms with van der Waals surface area (Å²) in [7, 11) is 1.77. The molecule has 5 rings (SSSR count). The molecule has 2 fully saturated rings. The van der Waals surface area contributed by atoms with Crippen molar-refractivity contribution in [3.63, 3.8) is 0 Å². The van der Waals surface area contributed by atoms with E-state index in [0.717, 1.165) is 42.5 Å². The normalized spacial score (nSPS) is 31.3. The highest BCUT2D eigenvalue weighted by Crippen LogP contribution is 2.55. The van der Waals surface area contributed by atoms with Gasteiger partial charge in [-0.1, -0.05) is 67.8 Å². The molecule has 156 valence electrons. The number of nitrogens with one attached hydrogen (secondary N) is 1. The minimum Gasteiger partial charge on any atom is -0.313 e. The monoisotopic (exact) mass is 405 g/mol. The van der Waals surface area contributed by atoms with E-state index >= 15 is 0 Å². The summed E-state index contributed by atoms with van der Waals surface area (Å²) in [6, 6.07) is 16.1. The lowest BCUT2D eigenvalue weighted by atomic mass is 9.73. The third-order valence-electron chi connectivity index (χ3n) is 7.46. The summed E-state index contributed by atoms with van der Waals surface area (Å²) in [5.74, 6) is -0.437. The van der Waals surface area contributed by atoms with Crippen LogP contribution in [-0.4, -0.2) is 30.0 Å². The topological polar surface area (TPSA) is 75.5 Å². The Labute approximate surface area is 176 Å². The lowest BCUT2D eigenvalue weighted by Crippen LogP contribution is -2.52. The van der Waals surface area contributed by atoms with Crippen molar-refractivity contribution in [1.82, 2.24) is 5.32 Å².